The van der Waals surface area contributed by atoms with Crippen molar-refractivity contribution in [3.05, 3.63) is 12.7 Å². The van der Waals surface area contributed by atoms with Crippen LogP contribution in [-0.4, -0.2) is 42.5 Å². The Hall–Kier alpha value is -0.203. The van der Waals surface area contributed by atoms with Gasteiger partial charge in [0, 0.05) is 21.3 Å². The minimum atomic E-state index is -2.74. The molecule has 0 aromatic carbocycles. The quantitative estimate of drug-likeness (QED) is 0.237. The third-order valence-electron chi connectivity index (χ3n) is 3.98. The molecule has 132 valence electrons. The van der Waals surface area contributed by atoms with Crippen LogP contribution in [0.15, 0.2) is 12.7 Å². The topological polar surface area (TPSA) is 36.9 Å². The summed E-state index contributed by atoms with van der Waals surface area (Å²) in [5.41, 5.74) is -0.120. The summed E-state index contributed by atoms with van der Waals surface area (Å²) >= 11 is 0. The Bertz CT molecular complexity index is 249. The highest BCUT2D eigenvalue weighted by atomic mass is 28.4. The van der Waals surface area contributed by atoms with Crippen LogP contribution in [0.4, 0.5) is 0 Å². The van der Waals surface area contributed by atoms with E-state index in [2.05, 4.69) is 13.5 Å². The van der Waals surface area contributed by atoms with Gasteiger partial charge in [-0.2, -0.15) is 0 Å². The molecule has 0 amide bonds. The minimum absolute atomic E-state index is 0.120. The summed E-state index contributed by atoms with van der Waals surface area (Å²) in [5.74, 6) is 0. The zero-order chi connectivity index (χ0) is 16.7. The Morgan fingerprint density at radius 2 is 1.36 bits per heavy atom. The molecule has 0 heterocycles. The van der Waals surface area contributed by atoms with Crippen LogP contribution in [0.5, 0.6) is 0 Å². The molecule has 0 N–H and O–H groups in total. The number of ether oxygens (including phenoxy) is 1. The van der Waals surface area contributed by atoms with Gasteiger partial charge < -0.3 is 18.0 Å². The van der Waals surface area contributed by atoms with Crippen LogP contribution < -0.4 is 0 Å². The van der Waals surface area contributed by atoms with E-state index in [-0.39, 0.29) is 5.73 Å². The fraction of sp³-hybridized carbons (Fsp3) is 0.882. The molecule has 0 radical (unpaired) electrons. The lowest BCUT2D eigenvalue weighted by atomic mass is 10.1. The van der Waals surface area contributed by atoms with Crippen molar-refractivity contribution in [2.45, 2.75) is 70.4 Å². The van der Waals surface area contributed by atoms with E-state index in [1.807, 2.05) is 0 Å². The average molecular weight is 333 g/mol. The molecular weight excluding hydrogens is 296 g/mol. The largest absolute Gasteiger partial charge is 0.530 e. The van der Waals surface area contributed by atoms with Crippen molar-refractivity contribution in [2.75, 3.05) is 27.9 Å². The molecule has 0 aliphatic carbocycles. The summed E-state index contributed by atoms with van der Waals surface area (Å²) in [6.07, 6.45) is 13.0. The van der Waals surface area contributed by atoms with Crippen molar-refractivity contribution in [3.8, 4) is 0 Å². The fourth-order valence-electron chi connectivity index (χ4n) is 2.65. The van der Waals surface area contributed by atoms with Gasteiger partial charge in [0.1, 0.15) is 5.73 Å². The first kappa shape index (κ1) is 21.8. The molecule has 4 nitrogen and oxygen atoms in total. The molecule has 0 rings (SSSR count). The predicted octanol–water partition coefficient (Wildman–Crippen LogP) is 4.51. The highest BCUT2D eigenvalue weighted by Gasteiger charge is 2.48. The van der Waals surface area contributed by atoms with Gasteiger partial charge in [-0.15, -0.1) is 6.58 Å². The molecule has 1 unspecified atom stereocenters. The number of hydrogen-bond donors (Lipinski definition) is 0. The molecule has 0 fully saturated rings. The molecule has 0 aliphatic heterocycles. The molecule has 0 saturated carbocycles. The second kappa shape index (κ2) is 14.4. The van der Waals surface area contributed by atoms with Crippen LogP contribution in [0.1, 0.15) is 64.7 Å². The highest BCUT2D eigenvalue weighted by Crippen LogP contribution is 2.21. The van der Waals surface area contributed by atoms with Gasteiger partial charge in [-0.1, -0.05) is 64.4 Å². The second-order valence-corrected chi connectivity index (χ2v) is 8.67. The fourth-order valence-corrected chi connectivity index (χ4v) is 4.80. The molecule has 0 aromatic heterocycles. The van der Waals surface area contributed by atoms with Crippen molar-refractivity contribution in [2.24, 2.45) is 0 Å². The maximum atomic E-state index is 5.86. The van der Waals surface area contributed by atoms with E-state index in [0.29, 0.717) is 6.61 Å². The Kier molecular flexibility index (Phi) is 14.3. The van der Waals surface area contributed by atoms with Crippen molar-refractivity contribution >= 4 is 8.80 Å². The zero-order valence-corrected chi connectivity index (χ0v) is 16.1. The van der Waals surface area contributed by atoms with E-state index < -0.39 is 8.80 Å². The van der Waals surface area contributed by atoms with Crippen molar-refractivity contribution in [1.82, 2.24) is 0 Å². The normalized spacial score (nSPS) is 13.3. The Balaban J connectivity index is 4.11. The van der Waals surface area contributed by atoms with Gasteiger partial charge in [0.25, 0.3) is 0 Å². The van der Waals surface area contributed by atoms with E-state index in [9.17, 15) is 0 Å². The smallest absolute Gasteiger partial charge is 0.375 e. The summed E-state index contributed by atoms with van der Waals surface area (Å²) in [5, 5.41) is 0. The van der Waals surface area contributed by atoms with Crippen LogP contribution in [0.3, 0.4) is 0 Å². The van der Waals surface area contributed by atoms with Gasteiger partial charge in [-0.3, -0.25) is 0 Å². The average Bonchev–Trinajstić information content (AvgIpc) is 2.56. The van der Waals surface area contributed by atoms with Gasteiger partial charge >= 0.3 is 8.80 Å². The van der Waals surface area contributed by atoms with Gasteiger partial charge in [0.15, 0.2) is 0 Å². The van der Waals surface area contributed by atoms with Crippen molar-refractivity contribution in [1.29, 1.82) is 0 Å². The summed E-state index contributed by atoms with van der Waals surface area (Å²) in [7, 11) is 2.17. The van der Waals surface area contributed by atoms with Crippen LogP contribution in [-0.2, 0) is 18.0 Å². The number of rotatable bonds is 16. The molecule has 0 spiro atoms. The first-order valence-electron chi connectivity index (χ1n) is 8.58. The first-order chi connectivity index (χ1) is 10.7. The maximum absolute atomic E-state index is 5.86. The molecule has 22 heavy (non-hydrogen) atoms. The van der Waals surface area contributed by atoms with E-state index in [0.717, 1.165) is 12.8 Å². The van der Waals surface area contributed by atoms with Crippen molar-refractivity contribution < 1.29 is 18.0 Å². The predicted molar refractivity (Wildman–Crippen MR) is 93.9 cm³/mol. The van der Waals surface area contributed by atoms with Gasteiger partial charge in [-0.25, -0.2) is 0 Å². The molecule has 0 saturated heterocycles. The standard InChI is InChI=1S/C17H36O4Si/c1-6-8-9-10-11-12-13-14-15-17(21-16-7-2)22(18-3,19-4)20-5/h7,17H,2,6,8-16H2,1,3-5H3. The molecule has 1 atom stereocenters. The van der Waals surface area contributed by atoms with Gasteiger partial charge in [-0.05, 0) is 6.42 Å². The third kappa shape index (κ3) is 8.43. The summed E-state index contributed by atoms with van der Waals surface area (Å²) in [6, 6.07) is 0. The zero-order valence-electron chi connectivity index (χ0n) is 15.1. The second-order valence-electron chi connectivity index (χ2n) is 5.59. The van der Waals surface area contributed by atoms with Crippen LogP contribution >= 0.6 is 0 Å². The summed E-state index contributed by atoms with van der Waals surface area (Å²) < 4.78 is 22.5. The third-order valence-corrected chi connectivity index (χ3v) is 6.93. The molecule has 5 heteroatoms. The lowest BCUT2D eigenvalue weighted by Crippen LogP contribution is -2.55. The van der Waals surface area contributed by atoms with E-state index in [4.69, 9.17) is 18.0 Å². The van der Waals surface area contributed by atoms with E-state index >= 15 is 0 Å². The molecular formula is C17H36O4Si. The first-order valence-corrected chi connectivity index (χ1v) is 10.4. The minimum Gasteiger partial charge on any atom is -0.375 e. The van der Waals surface area contributed by atoms with E-state index in [1.54, 1.807) is 27.4 Å². The number of unbranched alkanes of at least 4 members (excludes halogenated alkanes) is 7. The Labute approximate surface area is 138 Å². The Morgan fingerprint density at radius 1 is 0.864 bits per heavy atom. The SMILES string of the molecule is C=CCOC(CCCCCCCCCC)[Si](OC)(OC)OC. The summed E-state index contributed by atoms with van der Waals surface area (Å²) in [4.78, 5) is 0. The van der Waals surface area contributed by atoms with Crippen LogP contribution in [0.2, 0.25) is 0 Å². The van der Waals surface area contributed by atoms with E-state index in [1.165, 1.54) is 44.9 Å². The Morgan fingerprint density at radius 3 is 1.82 bits per heavy atom. The summed E-state index contributed by atoms with van der Waals surface area (Å²) in [6.45, 7) is 6.45. The van der Waals surface area contributed by atoms with Gasteiger partial charge in [0.2, 0.25) is 0 Å². The lowest BCUT2D eigenvalue weighted by molar-refractivity contribution is 0.0188. The monoisotopic (exact) mass is 332 g/mol. The maximum Gasteiger partial charge on any atom is 0.530 e. The lowest BCUT2D eigenvalue weighted by Gasteiger charge is -2.32. The van der Waals surface area contributed by atoms with Gasteiger partial charge in [0.05, 0.1) is 6.61 Å². The molecule has 0 aliphatic rings. The van der Waals surface area contributed by atoms with Crippen molar-refractivity contribution in [3.63, 3.8) is 0 Å². The molecule has 0 aromatic rings. The molecule has 0 bridgehead atoms. The number of hydrogen-bond acceptors (Lipinski definition) is 4. The van der Waals surface area contributed by atoms with Crippen LogP contribution in [0, 0.1) is 0 Å². The highest BCUT2D eigenvalue weighted by molar-refractivity contribution is 6.62. The van der Waals surface area contributed by atoms with Crippen LogP contribution in [0.25, 0.3) is 0 Å².